The van der Waals surface area contributed by atoms with E-state index in [0.29, 0.717) is 12.5 Å². The molecule has 6 rings (SSSR count). The Morgan fingerprint density at radius 3 is 2.46 bits per heavy atom. The van der Waals surface area contributed by atoms with Gasteiger partial charge in [0.1, 0.15) is 5.75 Å². The van der Waals surface area contributed by atoms with Gasteiger partial charge in [-0.05, 0) is 64.1 Å². The Morgan fingerprint density at radius 2 is 1.69 bits per heavy atom. The van der Waals surface area contributed by atoms with Crippen LogP contribution < -0.4 is 10.1 Å². The molecule has 0 fully saturated rings. The van der Waals surface area contributed by atoms with Crippen molar-refractivity contribution in [1.29, 1.82) is 0 Å². The topological polar surface area (TPSA) is 55.4 Å². The maximum absolute atomic E-state index is 13.6. The van der Waals surface area contributed by atoms with Crippen LogP contribution in [0.25, 0.3) is 16.3 Å². The summed E-state index contributed by atoms with van der Waals surface area (Å²) < 4.78 is 32.4. The van der Waals surface area contributed by atoms with E-state index in [1.165, 1.54) is 0 Å². The molecule has 1 N–H and O–H groups in total. The van der Waals surface area contributed by atoms with E-state index in [1.807, 2.05) is 12.1 Å². The Hall–Kier alpha value is -4.03. The number of Topliss-reactive ketones (excluding diaryl/α,β-unsaturated/α-hetero) is 1. The summed E-state index contributed by atoms with van der Waals surface area (Å²) in [6.45, 7) is 4.25. The quantitative estimate of drug-likeness (QED) is 0.160. The van der Waals surface area contributed by atoms with Crippen molar-refractivity contribution in [3.63, 3.8) is 0 Å². The molecular weight excluding hydrogens is 520 g/mol. The summed E-state index contributed by atoms with van der Waals surface area (Å²) >= 11 is 5.91. The number of carbonyl (C=O) groups excluding carboxylic acids is 2. The van der Waals surface area contributed by atoms with Gasteiger partial charge < -0.3 is 10.1 Å². The number of allylic oxidation sites excluding steroid dienone is 1. The number of hydrogen-bond donors (Lipinski definition) is 1. The molecule has 0 amide bonds. The highest BCUT2D eigenvalue weighted by atomic mass is 35.5. The zero-order chi connectivity index (χ0) is 27.5. The van der Waals surface area contributed by atoms with Gasteiger partial charge in [0.05, 0.1) is 16.6 Å². The third kappa shape index (κ3) is 4.49. The lowest BCUT2D eigenvalue weighted by Crippen LogP contribution is -2.33. The van der Waals surface area contributed by atoms with Gasteiger partial charge in [0.25, 0.3) is 0 Å². The van der Waals surface area contributed by atoms with Crippen molar-refractivity contribution < 1.29 is 23.1 Å². The van der Waals surface area contributed by atoms with Gasteiger partial charge >= 0.3 is 5.97 Å². The number of carbonyl (C=O) groups is 2. The Morgan fingerprint density at radius 1 is 0.974 bits per heavy atom. The maximum atomic E-state index is 13.6. The first-order valence-electron chi connectivity index (χ1n) is 12.6. The van der Waals surface area contributed by atoms with Crippen molar-refractivity contribution >= 4 is 45.4 Å². The number of hydrogen-bond acceptors (Lipinski definition) is 4. The van der Waals surface area contributed by atoms with E-state index in [0.717, 1.165) is 51.2 Å². The molecule has 39 heavy (non-hydrogen) atoms. The van der Waals surface area contributed by atoms with Gasteiger partial charge in [-0.2, -0.15) is 0 Å². The lowest BCUT2D eigenvalue weighted by Gasteiger charge is -2.40. The summed E-state index contributed by atoms with van der Waals surface area (Å²) in [5.41, 5.74) is 4.26. The normalized spacial score (nSPS) is 17.9. The van der Waals surface area contributed by atoms with Crippen molar-refractivity contribution in [2.24, 2.45) is 5.41 Å². The van der Waals surface area contributed by atoms with Crippen molar-refractivity contribution in [3.05, 3.63) is 112 Å². The third-order valence-electron chi connectivity index (χ3n) is 7.39. The highest BCUT2D eigenvalue weighted by molar-refractivity contribution is 6.33. The molecule has 1 heterocycles. The molecule has 1 unspecified atom stereocenters. The van der Waals surface area contributed by atoms with Crippen LogP contribution in [0.1, 0.15) is 54.2 Å². The van der Waals surface area contributed by atoms with Crippen molar-refractivity contribution in [3.8, 4) is 5.75 Å². The molecule has 4 aromatic rings. The highest BCUT2D eigenvalue weighted by Gasteiger charge is 2.40. The molecule has 1 aliphatic heterocycles. The maximum Gasteiger partial charge on any atom is 0.345 e. The van der Waals surface area contributed by atoms with Gasteiger partial charge in [-0.3, -0.25) is 4.79 Å². The fraction of sp³-hybridized carbons (Fsp3) is 0.188. The summed E-state index contributed by atoms with van der Waals surface area (Å²) in [7, 11) is 0. The Bertz CT molecular complexity index is 1710. The standard InChI is InChI=1S/C32H24ClF2NO3/c1-32(2)15-22-28-20-6-4-3-5-17(20)9-12-26(28)36-30(29(22)27(37)16-32)18-7-10-19(11-8-18)39-31(38)21-13-24(34)25(35)14-23(21)33/h3-14,30,36H,15-16H2,1-2H3. The van der Waals surface area contributed by atoms with Gasteiger partial charge in [-0.25, -0.2) is 13.6 Å². The van der Waals surface area contributed by atoms with E-state index in [9.17, 15) is 18.4 Å². The summed E-state index contributed by atoms with van der Waals surface area (Å²) in [5.74, 6) is -2.93. The molecule has 1 aliphatic carbocycles. The van der Waals surface area contributed by atoms with Crippen LogP contribution in [-0.4, -0.2) is 11.8 Å². The Labute approximate surface area is 229 Å². The zero-order valence-electron chi connectivity index (χ0n) is 21.3. The predicted octanol–water partition coefficient (Wildman–Crippen LogP) is 8.30. The minimum absolute atomic E-state index is 0.112. The van der Waals surface area contributed by atoms with Gasteiger partial charge in [0.15, 0.2) is 17.4 Å². The molecule has 0 saturated carbocycles. The molecule has 7 heteroatoms. The SMILES string of the molecule is CC1(C)CC(=O)C2=C(C1)c1c(ccc3ccccc13)NC2c1ccc(OC(=O)c2cc(F)c(F)cc2Cl)cc1. The van der Waals surface area contributed by atoms with E-state index in [1.54, 1.807) is 24.3 Å². The first kappa shape index (κ1) is 25.3. The average Bonchev–Trinajstić information content (AvgIpc) is 2.89. The number of benzene rings is 4. The zero-order valence-corrected chi connectivity index (χ0v) is 22.0. The molecule has 0 bridgehead atoms. The van der Waals surface area contributed by atoms with E-state index in [2.05, 4.69) is 43.4 Å². The average molecular weight is 544 g/mol. The lowest BCUT2D eigenvalue weighted by atomic mass is 9.68. The first-order valence-corrected chi connectivity index (χ1v) is 13.0. The number of rotatable bonds is 3. The summed E-state index contributed by atoms with van der Waals surface area (Å²) in [5, 5.41) is 5.57. The molecule has 4 aromatic carbocycles. The number of ether oxygens (including phenoxy) is 1. The number of ketones is 1. The van der Waals surface area contributed by atoms with Crippen LogP contribution >= 0.6 is 11.6 Å². The highest BCUT2D eigenvalue weighted by Crippen LogP contribution is 2.52. The van der Waals surface area contributed by atoms with Gasteiger partial charge in [0, 0.05) is 23.2 Å². The van der Waals surface area contributed by atoms with Crippen LogP contribution in [0.5, 0.6) is 5.75 Å². The number of nitrogens with one attached hydrogen (secondary N) is 1. The van der Waals surface area contributed by atoms with Gasteiger partial charge in [-0.15, -0.1) is 0 Å². The molecule has 0 aromatic heterocycles. The van der Waals surface area contributed by atoms with E-state index < -0.39 is 17.6 Å². The molecule has 0 radical (unpaired) electrons. The second-order valence-electron chi connectivity index (χ2n) is 10.8. The largest absolute Gasteiger partial charge is 0.423 e. The second-order valence-corrected chi connectivity index (χ2v) is 11.2. The molecule has 0 spiro atoms. The van der Waals surface area contributed by atoms with Crippen molar-refractivity contribution in [2.75, 3.05) is 5.32 Å². The number of fused-ring (bicyclic) bond motifs is 4. The lowest BCUT2D eigenvalue weighted by molar-refractivity contribution is -0.118. The molecule has 196 valence electrons. The summed E-state index contributed by atoms with van der Waals surface area (Å²) in [4.78, 5) is 26.2. The van der Waals surface area contributed by atoms with Crippen molar-refractivity contribution in [1.82, 2.24) is 0 Å². The van der Waals surface area contributed by atoms with E-state index in [4.69, 9.17) is 16.3 Å². The van der Waals surface area contributed by atoms with Crippen molar-refractivity contribution in [2.45, 2.75) is 32.7 Å². The van der Waals surface area contributed by atoms with E-state index >= 15 is 0 Å². The van der Waals surface area contributed by atoms with Crippen LogP contribution in [0.3, 0.4) is 0 Å². The fourth-order valence-electron chi connectivity index (χ4n) is 5.66. The fourth-order valence-corrected chi connectivity index (χ4v) is 5.88. The minimum Gasteiger partial charge on any atom is -0.423 e. The second kappa shape index (κ2) is 9.31. The predicted molar refractivity (Wildman–Crippen MR) is 148 cm³/mol. The van der Waals surface area contributed by atoms with E-state index in [-0.39, 0.29) is 33.6 Å². The summed E-state index contributed by atoms with van der Waals surface area (Å²) in [6.07, 6.45) is 1.23. The molecular formula is C32H24ClF2NO3. The molecule has 2 aliphatic rings. The molecule has 4 nitrogen and oxygen atoms in total. The van der Waals surface area contributed by atoms with Gasteiger partial charge in [-0.1, -0.05) is 67.9 Å². The smallest absolute Gasteiger partial charge is 0.345 e. The van der Waals surface area contributed by atoms with Crippen LogP contribution in [0.15, 0.2) is 78.4 Å². The van der Waals surface area contributed by atoms with Crippen LogP contribution in [0.4, 0.5) is 14.5 Å². The molecule has 1 atom stereocenters. The van der Waals surface area contributed by atoms with Crippen LogP contribution in [-0.2, 0) is 4.79 Å². The molecule has 0 saturated heterocycles. The van der Waals surface area contributed by atoms with Crippen LogP contribution in [0.2, 0.25) is 5.02 Å². The number of esters is 1. The third-order valence-corrected chi connectivity index (χ3v) is 7.71. The number of anilines is 1. The first-order chi connectivity index (χ1) is 18.6. The Kier molecular flexibility index (Phi) is 6.03. The number of halogens is 3. The van der Waals surface area contributed by atoms with Gasteiger partial charge in [0.2, 0.25) is 0 Å². The summed E-state index contributed by atoms with van der Waals surface area (Å²) in [6, 6.07) is 20.2. The minimum atomic E-state index is -1.19. The van der Waals surface area contributed by atoms with Crippen LogP contribution in [0, 0.1) is 17.0 Å². The monoisotopic (exact) mass is 543 g/mol. The Balaban J connectivity index is 1.36.